The molecule has 1 aromatic rings. The van der Waals surface area contributed by atoms with Crippen LogP contribution in [-0.2, 0) is 0 Å². The molecular formula is C12H10N2. The van der Waals surface area contributed by atoms with Crippen molar-refractivity contribution in [2.24, 2.45) is 9.98 Å². The Morgan fingerprint density at radius 2 is 1.86 bits per heavy atom. The lowest BCUT2D eigenvalue weighted by Gasteiger charge is -1.92. The minimum atomic E-state index is 1.05. The summed E-state index contributed by atoms with van der Waals surface area (Å²) in [5, 5.41) is 2.26. The molecule has 0 aliphatic carbocycles. The maximum absolute atomic E-state index is 4.43. The molecule has 0 atom stereocenters. The molecule has 0 unspecified atom stereocenters. The zero-order valence-electron chi connectivity index (χ0n) is 8.20. The predicted octanol–water partition coefficient (Wildman–Crippen LogP) is 1.57. The van der Waals surface area contributed by atoms with Crippen LogP contribution in [0.25, 0.3) is 12.2 Å². The van der Waals surface area contributed by atoms with E-state index in [1.807, 2.05) is 13.8 Å². The van der Waals surface area contributed by atoms with E-state index < -0.39 is 0 Å². The van der Waals surface area contributed by atoms with Gasteiger partial charge in [0.05, 0.1) is 11.0 Å². The zero-order chi connectivity index (χ0) is 9.71. The van der Waals surface area contributed by atoms with Crippen LogP contribution in [0.3, 0.4) is 0 Å². The van der Waals surface area contributed by atoms with E-state index in [1.54, 1.807) is 0 Å². The number of rotatable bonds is 0. The monoisotopic (exact) mass is 182 g/mol. The van der Waals surface area contributed by atoms with Crippen LogP contribution in [0.4, 0.5) is 5.69 Å². The van der Waals surface area contributed by atoms with E-state index in [-0.39, 0.29) is 0 Å². The maximum Gasteiger partial charge on any atom is 0.0727 e. The van der Waals surface area contributed by atoms with Crippen LogP contribution in [0.1, 0.15) is 19.4 Å². The Kier molecular flexibility index (Phi) is 1.32. The summed E-state index contributed by atoms with van der Waals surface area (Å²) in [7, 11) is 0. The molecule has 1 aromatic carbocycles. The van der Waals surface area contributed by atoms with Gasteiger partial charge in [0.15, 0.2) is 0 Å². The second-order valence-electron chi connectivity index (χ2n) is 3.76. The molecule has 0 bridgehead atoms. The molecule has 68 valence electrons. The largest absolute Gasteiger partial charge is 0.253 e. The number of nitrogens with zero attached hydrogens (tertiary/aromatic N) is 2. The molecule has 0 N–H and O–H groups in total. The van der Waals surface area contributed by atoms with Crippen molar-refractivity contribution in [2.75, 3.05) is 0 Å². The Hall–Kier alpha value is -1.70. The van der Waals surface area contributed by atoms with Gasteiger partial charge in [-0.3, -0.25) is 9.98 Å². The first-order valence-electron chi connectivity index (χ1n) is 4.70. The maximum atomic E-state index is 4.43. The third-order valence-electron chi connectivity index (χ3n) is 2.50. The number of hydrogen-bond donors (Lipinski definition) is 0. The molecule has 0 amide bonds. The quantitative estimate of drug-likeness (QED) is 0.582. The summed E-state index contributed by atoms with van der Waals surface area (Å²) in [6.45, 7) is 4.03. The smallest absolute Gasteiger partial charge is 0.0727 e. The first kappa shape index (κ1) is 7.68. The molecule has 0 aromatic heterocycles. The van der Waals surface area contributed by atoms with Gasteiger partial charge in [-0.25, -0.2) is 0 Å². The predicted molar refractivity (Wildman–Crippen MR) is 58.1 cm³/mol. The van der Waals surface area contributed by atoms with E-state index in [0.717, 1.165) is 22.5 Å². The first-order valence-corrected chi connectivity index (χ1v) is 4.70. The standard InChI is InChI=1S/C12H10N2/c1-7-3-9-5-10-4-8(2)14-12(10)6-11(9)13-7/h3-6H,1-2H3. The van der Waals surface area contributed by atoms with Crippen LogP contribution in [-0.4, -0.2) is 5.71 Å². The van der Waals surface area contributed by atoms with Crippen LogP contribution >= 0.6 is 0 Å². The fourth-order valence-electron chi connectivity index (χ4n) is 1.93. The summed E-state index contributed by atoms with van der Waals surface area (Å²) in [5.41, 5.74) is 4.41. The van der Waals surface area contributed by atoms with E-state index >= 15 is 0 Å². The summed E-state index contributed by atoms with van der Waals surface area (Å²) in [6.07, 6.45) is 4.22. The minimum Gasteiger partial charge on any atom is -0.253 e. The van der Waals surface area contributed by atoms with Crippen molar-refractivity contribution in [1.29, 1.82) is 0 Å². The second-order valence-corrected chi connectivity index (χ2v) is 3.76. The van der Waals surface area contributed by atoms with Crippen LogP contribution in [0.5, 0.6) is 0 Å². The third-order valence-corrected chi connectivity index (χ3v) is 2.50. The van der Waals surface area contributed by atoms with Gasteiger partial charge in [-0.1, -0.05) is 0 Å². The Morgan fingerprint density at radius 3 is 2.71 bits per heavy atom. The van der Waals surface area contributed by atoms with Gasteiger partial charge in [0.25, 0.3) is 0 Å². The van der Waals surface area contributed by atoms with Crippen LogP contribution < -0.4 is 10.6 Å². The summed E-state index contributed by atoms with van der Waals surface area (Å²) in [4.78, 5) is 8.87. The summed E-state index contributed by atoms with van der Waals surface area (Å²) in [5.74, 6) is 0. The minimum absolute atomic E-state index is 1.05. The fourth-order valence-corrected chi connectivity index (χ4v) is 1.93. The highest BCUT2D eigenvalue weighted by Gasteiger charge is 2.08. The van der Waals surface area contributed by atoms with E-state index in [9.17, 15) is 0 Å². The molecule has 2 aliphatic heterocycles. The molecule has 0 spiro atoms. The number of allylic oxidation sites excluding steroid dienone is 1. The van der Waals surface area contributed by atoms with Crippen molar-refractivity contribution in [3.63, 3.8) is 0 Å². The lowest BCUT2D eigenvalue weighted by atomic mass is 10.1. The topological polar surface area (TPSA) is 24.7 Å². The number of fused-ring (bicyclic) bond motifs is 2. The van der Waals surface area contributed by atoms with Crippen molar-refractivity contribution in [3.8, 4) is 0 Å². The Balaban J connectivity index is 2.36. The normalized spacial score (nSPS) is 16.4. The van der Waals surface area contributed by atoms with Crippen molar-refractivity contribution in [3.05, 3.63) is 34.0 Å². The summed E-state index contributed by atoms with van der Waals surface area (Å²) in [6, 6.07) is 4.22. The highest BCUT2D eigenvalue weighted by atomic mass is 14.8. The zero-order valence-corrected chi connectivity index (χ0v) is 8.20. The Labute approximate surface area is 82.0 Å². The van der Waals surface area contributed by atoms with Gasteiger partial charge < -0.3 is 0 Å². The first-order chi connectivity index (χ1) is 6.72. The van der Waals surface area contributed by atoms with Crippen LogP contribution in [0, 0.1) is 0 Å². The molecule has 14 heavy (non-hydrogen) atoms. The molecule has 2 heterocycles. The highest BCUT2D eigenvalue weighted by Crippen LogP contribution is 2.14. The van der Waals surface area contributed by atoms with Gasteiger partial charge in [0.1, 0.15) is 0 Å². The second kappa shape index (κ2) is 2.41. The Bertz CT molecular complexity index is 548. The molecule has 2 heteroatoms. The fraction of sp³-hybridized carbons (Fsp3) is 0.167. The molecule has 3 rings (SSSR count). The van der Waals surface area contributed by atoms with Crippen molar-refractivity contribution < 1.29 is 0 Å². The molecule has 0 fully saturated rings. The van der Waals surface area contributed by atoms with E-state index in [4.69, 9.17) is 0 Å². The van der Waals surface area contributed by atoms with Gasteiger partial charge in [0.2, 0.25) is 0 Å². The lowest BCUT2D eigenvalue weighted by Crippen LogP contribution is -2.09. The average Bonchev–Trinajstić information content (AvgIpc) is 2.59. The van der Waals surface area contributed by atoms with Gasteiger partial charge in [0, 0.05) is 22.2 Å². The molecule has 2 aliphatic rings. The SMILES string of the molecule is CC1=Cc2cc3c(cc2=N1)N=C(C)C=3. The Morgan fingerprint density at radius 1 is 1.00 bits per heavy atom. The van der Waals surface area contributed by atoms with Crippen molar-refractivity contribution in [2.45, 2.75) is 13.8 Å². The molecule has 2 nitrogen and oxygen atoms in total. The van der Waals surface area contributed by atoms with Gasteiger partial charge >= 0.3 is 0 Å². The highest BCUT2D eigenvalue weighted by molar-refractivity contribution is 6.12. The summed E-state index contributed by atoms with van der Waals surface area (Å²) >= 11 is 0. The molecular weight excluding hydrogens is 172 g/mol. The van der Waals surface area contributed by atoms with Gasteiger partial charge in [-0.2, -0.15) is 0 Å². The van der Waals surface area contributed by atoms with E-state index in [1.165, 1.54) is 10.8 Å². The molecule has 0 saturated heterocycles. The number of hydrogen-bond acceptors (Lipinski definition) is 2. The van der Waals surface area contributed by atoms with Gasteiger partial charge in [-0.15, -0.1) is 0 Å². The van der Waals surface area contributed by atoms with Crippen LogP contribution in [0.15, 0.2) is 27.8 Å². The third kappa shape index (κ3) is 0.970. The van der Waals surface area contributed by atoms with Crippen molar-refractivity contribution in [1.82, 2.24) is 0 Å². The lowest BCUT2D eigenvalue weighted by molar-refractivity contribution is 1.26. The van der Waals surface area contributed by atoms with E-state index in [0.29, 0.717) is 0 Å². The average molecular weight is 182 g/mol. The van der Waals surface area contributed by atoms with Crippen molar-refractivity contribution >= 4 is 23.6 Å². The van der Waals surface area contributed by atoms with Gasteiger partial charge in [-0.05, 0) is 38.1 Å². The molecule has 0 radical (unpaired) electrons. The number of aliphatic imine (C=N–C) groups is 1. The van der Waals surface area contributed by atoms with E-state index in [2.05, 4.69) is 34.3 Å². The summed E-state index contributed by atoms with van der Waals surface area (Å²) < 4.78 is 0. The molecule has 0 saturated carbocycles. The number of benzene rings is 1. The van der Waals surface area contributed by atoms with Crippen LogP contribution in [0.2, 0.25) is 0 Å².